The molecular weight excluding hydrogens is 542 g/mol. The lowest BCUT2D eigenvalue weighted by molar-refractivity contribution is 0.102. The number of rotatable bonds is 6. The minimum Gasteiger partial charge on any atom is -0.453 e. The maximum absolute atomic E-state index is 13.2. The number of amides is 1. The fraction of sp³-hybridized carbons (Fsp3) is 0.212. The van der Waals surface area contributed by atoms with Gasteiger partial charge in [0.1, 0.15) is 17.8 Å². The van der Waals surface area contributed by atoms with Crippen molar-refractivity contribution >= 4 is 28.4 Å². The molecule has 0 saturated carbocycles. The van der Waals surface area contributed by atoms with Crippen LogP contribution in [0.25, 0.3) is 33.4 Å². The number of nitrogens with one attached hydrogen (secondary N) is 1. The van der Waals surface area contributed by atoms with E-state index in [0.29, 0.717) is 50.9 Å². The third-order valence-electron chi connectivity index (χ3n) is 7.93. The molecule has 2 aliphatic heterocycles. The predicted molar refractivity (Wildman–Crippen MR) is 166 cm³/mol. The summed E-state index contributed by atoms with van der Waals surface area (Å²) in [6.45, 7) is 3.87. The summed E-state index contributed by atoms with van der Waals surface area (Å²) in [4.78, 5) is 24.4. The van der Waals surface area contributed by atoms with E-state index in [-0.39, 0.29) is 18.7 Å². The van der Waals surface area contributed by atoms with Gasteiger partial charge in [-0.2, -0.15) is 5.10 Å². The molecule has 0 radical (unpaired) electrons. The maximum Gasteiger partial charge on any atom is 0.255 e. The van der Waals surface area contributed by atoms with Gasteiger partial charge in [-0.25, -0.2) is 14.6 Å². The van der Waals surface area contributed by atoms with E-state index >= 15 is 0 Å². The molecule has 3 N–H and O–H groups in total. The van der Waals surface area contributed by atoms with Crippen molar-refractivity contribution in [2.75, 3.05) is 30.9 Å². The van der Waals surface area contributed by atoms with Crippen molar-refractivity contribution < 1.29 is 14.3 Å². The van der Waals surface area contributed by atoms with Crippen molar-refractivity contribution in [2.24, 2.45) is 0 Å². The third-order valence-corrected chi connectivity index (χ3v) is 7.93. The zero-order chi connectivity index (χ0) is 29.3. The zero-order valence-corrected chi connectivity index (χ0v) is 23.7. The van der Waals surface area contributed by atoms with E-state index in [0.717, 1.165) is 37.1 Å². The quantitative estimate of drug-likeness (QED) is 0.258. The molecule has 43 heavy (non-hydrogen) atoms. The van der Waals surface area contributed by atoms with Gasteiger partial charge in [-0.3, -0.25) is 4.79 Å². The van der Waals surface area contributed by atoms with Gasteiger partial charge in [0.15, 0.2) is 17.1 Å². The normalized spacial score (nSPS) is 16.2. The number of nitrogens with zero attached hydrogens (tertiary/aromatic N) is 5. The van der Waals surface area contributed by atoms with E-state index in [1.165, 1.54) is 6.33 Å². The number of fused-ring (bicyclic) bond motifs is 2. The Balaban J connectivity index is 1.21. The topological polar surface area (TPSA) is 120 Å². The first-order valence-electron chi connectivity index (χ1n) is 14.4. The molecule has 2 aromatic heterocycles. The summed E-state index contributed by atoms with van der Waals surface area (Å²) < 4.78 is 13.8. The molecule has 4 heterocycles. The van der Waals surface area contributed by atoms with Gasteiger partial charge in [-0.05, 0) is 61.4 Å². The van der Waals surface area contributed by atoms with Crippen LogP contribution < -0.4 is 20.5 Å². The first kappa shape index (κ1) is 26.5. The molecule has 1 fully saturated rings. The highest BCUT2D eigenvalue weighted by Crippen LogP contribution is 2.48. The van der Waals surface area contributed by atoms with E-state index < -0.39 is 0 Å². The Labute approximate surface area is 248 Å². The van der Waals surface area contributed by atoms with Crippen LogP contribution in [0.2, 0.25) is 0 Å². The van der Waals surface area contributed by atoms with Crippen LogP contribution >= 0.6 is 0 Å². The molecule has 0 aliphatic carbocycles. The van der Waals surface area contributed by atoms with Crippen molar-refractivity contribution in [1.82, 2.24) is 24.6 Å². The molecule has 5 aromatic rings. The molecule has 7 rings (SSSR count). The number of ether oxygens (including phenoxy) is 2. The van der Waals surface area contributed by atoms with Gasteiger partial charge in [-0.1, -0.05) is 48.5 Å². The van der Waals surface area contributed by atoms with Gasteiger partial charge < -0.3 is 25.4 Å². The number of hydrogen-bond donors (Lipinski definition) is 2. The number of nitrogen functional groups attached to an aromatic ring is 1. The number of carbonyl (C=O) groups is 1. The highest BCUT2D eigenvalue weighted by atomic mass is 16.7. The molecular formula is C33H31N7O3. The lowest BCUT2D eigenvalue weighted by Crippen LogP contribution is -2.33. The van der Waals surface area contributed by atoms with Crippen LogP contribution in [0, 0.1) is 0 Å². The van der Waals surface area contributed by atoms with Gasteiger partial charge in [0.05, 0.1) is 17.1 Å². The summed E-state index contributed by atoms with van der Waals surface area (Å²) in [5.74, 6) is 1.03. The molecule has 1 amide bonds. The molecule has 2 aliphatic rings. The standard InChI is InChI=1S/C33H31N7O3/c1-2-16-39-17-6-9-24(18-39)40-32-27(31(34)35-19-36-32)28(38-40)25-14-15-26(30-29(25)42-20-43-30)37-33(41)23-12-10-22(11-13-23)21-7-4-3-5-8-21/h2-5,7-8,10-16,19,24H,6,9,17-18,20H2,1H3,(H,37,41)(H2,34,35,36)/t24-/m1/s1. The van der Waals surface area contributed by atoms with Crippen LogP contribution in [-0.4, -0.2) is 50.4 Å². The number of aromatic nitrogens is 4. The second-order valence-electron chi connectivity index (χ2n) is 10.6. The first-order valence-corrected chi connectivity index (χ1v) is 14.4. The minimum absolute atomic E-state index is 0.0204. The Morgan fingerprint density at radius 1 is 1.00 bits per heavy atom. The zero-order valence-electron chi connectivity index (χ0n) is 23.7. The summed E-state index contributed by atoms with van der Waals surface area (Å²) >= 11 is 0. The number of anilines is 2. The van der Waals surface area contributed by atoms with Gasteiger partial charge in [0, 0.05) is 24.2 Å². The molecule has 0 bridgehead atoms. The van der Waals surface area contributed by atoms with E-state index in [2.05, 4.69) is 32.5 Å². The number of hydrogen-bond acceptors (Lipinski definition) is 8. The average molecular weight is 574 g/mol. The molecule has 10 heteroatoms. The molecule has 0 spiro atoms. The molecule has 216 valence electrons. The Morgan fingerprint density at radius 2 is 1.79 bits per heavy atom. The molecule has 3 aromatic carbocycles. The van der Waals surface area contributed by atoms with Crippen molar-refractivity contribution in [3.05, 3.63) is 90.9 Å². The van der Waals surface area contributed by atoms with E-state index in [9.17, 15) is 4.79 Å². The lowest BCUT2D eigenvalue weighted by atomic mass is 10.0. The van der Waals surface area contributed by atoms with Crippen molar-refractivity contribution in [3.8, 4) is 33.9 Å². The lowest BCUT2D eigenvalue weighted by Gasteiger charge is -2.32. The monoisotopic (exact) mass is 573 g/mol. The number of nitrogens with two attached hydrogens (primary N) is 1. The van der Waals surface area contributed by atoms with E-state index in [1.807, 2.05) is 72.3 Å². The van der Waals surface area contributed by atoms with Gasteiger partial charge in [-0.15, -0.1) is 0 Å². The van der Waals surface area contributed by atoms with Crippen molar-refractivity contribution in [3.63, 3.8) is 0 Å². The minimum atomic E-state index is -0.250. The van der Waals surface area contributed by atoms with Crippen LogP contribution in [0.5, 0.6) is 11.5 Å². The summed E-state index contributed by atoms with van der Waals surface area (Å²) in [7, 11) is 0. The number of carbonyl (C=O) groups excluding carboxylic acids is 1. The smallest absolute Gasteiger partial charge is 0.255 e. The van der Waals surface area contributed by atoms with Crippen molar-refractivity contribution in [1.29, 1.82) is 0 Å². The third kappa shape index (κ3) is 4.90. The molecule has 0 unspecified atom stereocenters. The van der Waals surface area contributed by atoms with Crippen LogP contribution in [0.1, 0.15) is 36.2 Å². The van der Waals surface area contributed by atoms with Gasteiger partial charge in [0.2, 0.25) is 6.79 Å². The fourth-order valence-electron chi connectivity index (χ4n) is 5.89. The van der Waals surface area contributed by atoms with Crippen LogP contribution in [-0.2, 0) is 0 Å². The summed E-state index contributed by atoms with van der Waals surface area (Å²) in [6, 6.07) is 21.3. The second-order valence-corrected chi connectivity index (χ2v) is 10.6. The second kappa shape index (κ2) is 11.1. The predicted octanol–water partition coefficient (Wildman–Crippen LogP) is 5.89. The Kier molecular flexibility index (Phi) is 6.86. The average Bonchev–Trinajstić information content (AvgIpc) is 3.69. The molecule has 1 saturated heterocycles. The fourth-order valence-corrected chi connectivity index (χ4v) is 5.89. The number of piperidine rings is 1. The highest BCUT2D eigenvalue weighted by molar-refractivity contribution is 6.06. The van der Waals surface area contributed by atoms with E-state index in [4.69, 9.17) is 20.3 Å². The van der Waals surface area contributed by atoms with Crippen LogP contribution in [0.4, 0.5) is 11.5 Å². The Hall–Kier alpha value is -5.38. The SMILES string of the molecule is CC=CN1CCC[C@@H](n2nc(-c3ccc(NC(=O)c4ccc(-c5ccccc5)cc4)c4c3OCO4)c3c(N)ncnc32)C1. The largest absolute Gasteiger partial charge is 0.453 e. The Bertz CT molecular complexity index is 1830. The summed E-state index contributed by atoms with van der Waals surface area (Å²) in [5.41, 5.74) is 11.6. The number of allylic oxidation sites excluding steroid dienone is 1. The first-order chi connectivity index (χ1) is 21.1. The molecule has 1 atom stereocenters. The molecule has 10 nitrogen and oxygen atoms in total. The van der Waals surface area contributed by atoms with Crippen molar-refractivity contribution in [2.45, 2.75) is 25.8 Å². The maximum atomic E-state index is 13.2. The summed E-state index contributed by atoms with van der Waals surface area (Å²) in [5, 5.41) is 8.70. The Morgan fingerprint density at radius 3 is 2.60 bits per heavy atom. The number of benzene rings is 3. The van der Waals surface area contributed by atoms with Crippen LogP contribution in [0.15, 0.2) is 85.3 Å². The summed E-state index contributed by atoms with van der Waals surface area (Å²) in [6.07, 6.45) is 7.66. The highest BCUT2D eigenvalue weighted by Gasteiger charge is 2.30. The van der Waals surface area contributed by atoms with Crippen LogP contribution in [0.3, 0.4) is 0 Å². The van der Waals surface area contributed by atoms with Gasteiger partial charge >= 0.3 is 0 Å². The van der Waals surface area contributed by atoms with E-state index in [1.54, 1.807) is 6.07 Å². The van der Waals surface area contributed by atoms with Gasteiger partial charge in [0.25, 0.3) is 5.91 Å². The number of likely N-dealkylation sites (tertiary alicyclic amines) is 1.